The maximum Gasteiger partial charge on any atom is 0.260 e. The number of hydrogen-bond donors (Lipinski definition) is 1. The van der Waals surface area contributed by atoms with Crippen molar-refractivity contribution in [3.05, 3.63) is 60.6 Å². The van der Waals surface area contributed by atoms with Crippen LogP contribution in [0.15, 0.2) is 55.0 Å². The van der Waals surface area contributed by atoms with Crippen LogP contribution in [0.5, 0.6) is 0 Å². The van der Waals surface area contributed by atoms with Crippen LogP contribution in [0.3, 0.4) is 0 Å². The van der Waals surface area contributed by atoms with Crippen molar-refractivity contribution < 1.29 is 4.79 Å². The molecule has 0 saturated carbocycles. The van der Waals surface area contributed by atoms with Crippen molar-refractivity contribution in [1.29, 1.82) is 0 Å². The number of nitrogens with one attached hydrogen (secondary N) is 1. The van der Waals surface area contributed by atoms with E-state index in [1.165, 1.54) is 6.20 Å². The number of aromatic nitrogens is 4. The first-order chi connectivity index (χ1) is 9.72. The second-order valence-electron chi connectivity index (χ2n) is 4.34. The fourth-order valence-corrected chi connectivity index (χ4v) is 1.83. The van der Waals surface area contributed by atoms with Crippen LogP contribution in [0.2, 0.25) is 0 Å². The molecule has 0 aliphatic heterocycles. The highest BCUT2D eigenvalue weighted by molar-refractivity contribution is 6.03. The summed E-state index contributed by atoms with van der Waals surface area (Å²) >= 11 is 0. The van der Waals surface area contributed by atoms with Crippen LogP contribution in [0.1, 0.15) is 10.4 Å². The zero-order valence-electron chi connectivity index (χ0n) is 10.9. The van der Waals surface area contributed by atoms with Gasteiger partial charge in [0.1, 0.15) is 0 Å². The molecule has 20 heavy (non-hydrogen) atoms. The lowest BCUT2D eigenvalue weighted by Crippen LogP contribution is -2.11. The summed E-state index contributed by atoms with van der Waals surface area (Å²) in [6.45, 7) is 0. The SMILES string of the molecule is Cn1ccc(NC(=O)c2cnn(-c3ccccc3)c2)n1. The predicted molar refractivity (Wildman–Crippen MR) is 74.7 cm³/mol. The predicted octanol–water partition coefficient (Wildman–Crippen LogP) is 1.86. The summed E-state index contributed by atoms with van der Waals surface area (Å²) in [5, 5.41) is 11.0. The number of aryl methyl sites for hydroxylation is 1. The van der Waals surface area contributed by atoms with Crippen molar-refractivity contribution >= 4 is 11.7 Å². The molecule has 1 N–H and O–H groups in total. The van der Waals surface area contributed by atoms with Gasteiger partial charge in [0, 0.05) is 25.5 Å². The van der Waals surface area contributed by atoms with E-state index >= 15 is 0 Å². The number of carbonyl (C=O) groups is 1. The first kappa shape index (κ1) is 12.2. The van der Waals surface area contributed by atoms with E-state index in [0.717, 1.165) is 5.69 Å². The van der Waals surface area contributed by atoms with Gasteiger partial charge in [0.15, 0.2) is 5.82 Å². The van der Waals surface area contributed by atoms with E-state index in [9.17, 15) is 4.79 Å². The number of hydrogen-bond acceptors (Lipinski definition) is 3. The smallest absolute Gasteiger partial charge is 0.260 e. The summed E-state index contributed by atoms with van der Waals surface area (Å²) in [4.78, 5) is 12.1. The largest absolute Gasteiger partial charge is 0.305 e. The Hall–Kier alpha value is -2.89. The van der Waals surface area contributed by atoms with Gasteiger partial charge in [-0.2, -0.15) is 10.2 Å². The average molecular weight is 267 g/mol. The highest BCUT2D eigenvalue weighted by atomic mass is 16.1. The van der Waals surface area contributed by atoms with Crippen LogP contribution in [0.25, 0.3) is 5.69 Å². The lowest BCUT2D eigenvalue weighted by atomic mass is 10.3. The monoisotopic (exact) mass is 267 g/mol. The quantitative estimate of drug-likeness (QED) is 0.787. The maximum atomic E-state index is 12.1. The molecule has 0 aliphatic rings. The second kappa shape index (κ2) is 5.00. The number of rotatable bonds is 3. The fraction of sp³-hybridized carbons (Fsp3) is 0.0714. The molecule has 0 bridgehead atoms. The fourth-order valence-electron chi connectivity index (χ4n) is 1.83. The first-order valence-corrected chi connectivity index (χ1v) is 6.13. The van der Waals surface area contributed by atoms with Gasteiger partial charge in [-0.25, -0.2) is 4.68 Å². The molecule has 0 radical (unpaired) electrons. The Morgan fingerprint density at radius 3 is 2.70 bits per heavy atom. The number of para-hydroxylation sites is 1. The lowest BCUT2D eigenvalue weighted by molar-refractivity contribution is 0.102. The van der Waals surface area contributed by atoms with E-state index < -0.39 is 0 Å². The summed E-state index contributed by atoms with van der Waals surface area (Å²) in [7, 11) is 1.79. The molecule has 3 aromatic rings. The van der Waals surface area contributed by atoms with Gasteiger partial charge >= 0.3 is 0 Å². The number of anilines is 1. The normalized spacial score (nSPS) is 10.4. The minimum atomic E-state index is -0.231. The van der Waals surface area contributed by atoms with Crippen LogP contribution >= 0.6 is 0 Å². The Kier molecular flexibility index (Phi) is 3.04. The molecule has 6 heteroatoms. The third-order valence-electron chi connectivity index (χ3n) is 2.82. The van der Waals surface area contributed by atoms with Crippen molar-refractivity contribution in [2.45, 2.75) is 0 Å². The molecular weight excluding hydrogens is 254 g/mol. The van der Waals surface area contributed by atoms with Crippen molar-refractivity contribution in [2.75, 3.05) is 5.32 Å². The van der Waals surface area contributed by atoms with Crippen LogP contribution in [-0.2, 0) is 7.05 Å². The van der Waals surface area contributed by atoms with Crippen molar-refractivity contribution in [1.82, 2.24) is 19.6 Å². The van der Waals surface area contributed by atoms with Crippen LogP contribution in [0, 0.1) is 0 Å². The molecule has 100 valence electrons. The van der Waals surface area contributed by atoms with Crippen LogP contribution in [0.4, 0.5) is 5.82 Å². The highest BCUT2D eigenvalue weighted by Gasteiger charge is 2.10. The standard InChI is InChI=1S/C14H13N5O/c1-18-8-7-13(17-18)16-14(20)11-9-15-19(10-11)12-5-3-2-4-6-12/h2-10H,1H3,(H,16,17,20). The highest BCUT2D eigenvalue weighted by Crippen LogP contribution is 2.09. The molecular formula is C14H13N5O. The minimum Gasteiger partial charge on any atom is -0.305 e. The Labute approximate surface area is 115 Å². The first-order valence-electron chi connectivity index (χ1n) is 6.13. The Bertz CT molecular complexity index is 729. The minimum absolute atomic E-state index is 0.231. The van der Waals surface area contributed by atoms with Gasteiger partial charge < -0.3 is 5.32 Å². The zero-order valence-corrected chi connectivity index (χ0v) is 10.9. The number of amides is 1. The molecule has 2 heterocycles. The molecule has 0 aliphatic carbocycles. The van der Waals surface area contributed by atoms with E-state index in [-0.39, 0.29) is 5.91 Å². The second-order valence-corrected chi connectivity index (χ2v) is 4.34. The number of benzene rings is 1. The van der Waals surface area contributed by atoms with E-state index in [0.29, 0.717) is 11.4 Å². The van der Waals surface area contributed by atoms with Gasteiger partial charge in [-0.3, -0.25) is 9.48 Å². The van der Waals surface area contributed by atoms with Crippen molar-refractivity contribution in [2.24, 2.45) is 7.05 Å². The summed E-state index contributed by atoms with van der Waals surface area (Å²) in [6.07, 6.45) is 4.99. The van der Waals surface area contributed by atoms with Crippen LogP contribution in [-0.4, -0.2) is 25.5 Å². The van der Waals surface area contributed by atoms with Gasteiger partial charge in [0.2, 0.25) is 0 Å². The Morgan fingerprint density at radius 1 is 1.20 bits per heavy atom. The number of carbonyl (C=O) groups excluding carboxylic acids is 1. The van der Waals surface area contributed by atoms with E-state index in [2.05, 4.69) is 15.5 Å². The third kappa shape index (κ3) is 2.44. The summed E-state index contributed by atoms with van der Waals surface area (Å²) < 4.78 is 3.29. The Balaban J connectivity index is 1.78. The molecule has 2 aromatic heterocycles. The molecule has 3 rings (SSSR count). The van der Waals surface area contributed by atoms with Gasteiger partial charge in [-0.15, -0.1) is 0 Å². The van der Waals surface area contributed by atoms with Gasteiger partial charge in [-0.05, 0) is 12.1 Å². The van der Waals surface area contributed by atoms with Gasteiger partial charge in [0.05, 0.1) is 17.4 Å². The lowest BCUT2D eigenvalue weighted by Gasteiger charge is -2.00. The molecule has 1 aromatic carbocycles. The molecule has 6 nitrogen and oxygen atoms in total. The molecule has 1 amide bonds. The topological polar surface area (TPSA) is 64.7 Å². The third-order valence-corrected chi connectivity index (χ3v) is 2.82. The summed E-state index contributed by atoms with van der Waals surface area (Å²) in [6, 6.07) is 11.4. The molecule has 0 fully saturated rings. The molecule has 0 unspecified atom stereocenters. The summed E-state index contributed by atoms with van der Waals surface area (Å²) in [5.41, 5.74) is 1.39. The summed E-state index contributed by atoms with van der Waals surface area (Å²) in [5.74, 6) is 0.288. The van der Waals surface area contributed by atoms with Gasteiger partial charge in [-0.1, -0.05) is 18.2 Å². The van der Waals surface area contributed by atoms with E-state index in [4.69, 9.17) is 0 Å². The molecule has 0 spiro atoms. The average Bonchev–Trinajstić information content (AvgIpc) is 3.09. The zero-order chi connectivity index (χ0) is 13.9. The molecule has 0 atom stereocenters. The Morgan fingerprint density at radius 2 is 2.00 bits per heavy atom. The molecule has 0 saturated heterocycles. The van der Waals surface area contributed by atoms with E-state index in [1.54, 1.807) is 34.9 Å². The maximum absolute atomic E-state index is 12.1. The van der Waals surface area contributed by atoms with Crippen molar-refractivity contribution in [3.63, 3.8) is 0 Å². The number of nitrogens with zero attached hydrogens (tertiary/aromatic N) is 4. The van der Waals surface area contributed by atoms with Gasteiger partial charge in [0.25, 0.3) is 5.91 Å². The van der Waals surface area contributed by atoms with Crippen molar-refractivity contribution in [3.8, 4) is 5.69 Å². The van der Waals surface area contributed by atoms with E-state index in [1.807, 2.05) is 30.3 Å². The van der Waals surface area contributed by atoms with Crippen LogP contribution < -0.4 is 5.32 Å².